The second-order valence-electron chi connectivity index (χ2n) is 5.41. The van der Waals surface area contributed by atoms with Gasteiger partial charge in [-0.1, -0.05) is 12.1 Å². The number of sulfonamides is 1. The number of halogens is 1. The summed E-state index contributed by atoms with van der Waals surface area (Å²) < 4.78 is 27.1. The van der Waals surface area contributed by atoms with Crippen LogP contribution in [0.3, 0.4) is 0 Å². The molecule has 2 atom stereocenters. The molecule has 124 valence electrons. The SMILES string of the molecule is Cc1cccc([N+](=O)[O-])c1S(=O)(=O)N1CC(C)NCC1C.Cl. The van der Waals surface area contributed by atoms with Gasteiger partial charge < -0.3 is 5.32 Å². The van der Waals surface area contributed by atoms with Gasteiger partial charge in [0.2, 0.25) is 0 Å². The maximum atomic E-state index is 12.9. The molecule has 0 radical (unpaired) electrons. The van der Waals surface area contributed by atoms with Crippen LogP contribution < -0.4 is 5.32 Å². The van der Waals surface area contributed by atoms with Crippen LogP contribution in [0.4, 0.5) is 5.69 Å². The zero-order valence-corrected chi connectivity index (χ0v) is 14.3. The molecule has 1 aliphatic rings. The molecule has 1 fully saturated rings. The van der Waals surface area contributed by atoms with E-state index in [1.165, 1.54) is 16.4 Å². The lowest BCUT2D eigenvalue weighted by atomic mass is 10.2. The summed E-state index contributed by atoms with van der Waals surface area (Å²) >= 11 is 0. The zero-order valence-electron chi connectivity index (χ0n) is 12.6. The third-order valence-electron chi connectivity index (χ3n) is 3.66. The molecule has 1 heterocycles. The van der Waals surface area contributed by atoms with Crippen LogP contribution in [-0.4, -0.2) is 42.8 Å². The number of nitrogens with zero attached hydrogens (tertiary/aromatic N) is 2. The molecular weight excluding hydrogens is 330 g/mol. The first-order chi connectivity index (χ1) is 9.75. The second-order valence-corrected chi connectivity index (χ2v) is 7.24. The van der Waals surface area contributed by atoms with Gasteiger partial charge in [-0.15, -0.1) is 12.4 Å². The number of nitrogens with one attached hydrogen (secondary N) is 1. The average Bonchev–Trinajstić information content (AvgIpc) is 2.40. The van der Waals surface area contributed by atoms with Crippen LogP contribution in [0.25, 0.3) is 0 Å². The van der Waals surface area contributed by atoms with Crippen molar-refractivity contribution in [1.82, 2.24) is 9.62 Å². The van der Waals surface area contributed by atoms with E-state index in [0.29, 0.717) is 18.7 Å². The minimum Gasteiger partial charge on any atom is -0.311 e. The number of rotatable bonds is 3. The zero-order chi connectivity index (χ0) is 15.8. The molecule has 0 amide bonds. The summed E-state index contributed by atoms with van der Waals surface area (Å²) in [5.41, 5.74) is 0.0240. The van der Waals surface area contributed by atoms with Crippen molar-refractivity contribution in [3.63, 3.8) is 0 Å². The summed E-state index contributed by atoms with van der Waals surface area (Å²) in [6.07, 6.45) is 0. The highest BCUT2D eigenvalue weighted by Gasteiger charge is 2.38. The fraction of sp³-hybridized carbons (Fsp3) is 0.538. The van der Waals surface area contributed by atoms with Gasteiger partial charge in [0, 0.05) is 31.2 Å². The van der Waals surface area contributed by atoms with Gasteiger partial charge in [0.1, 0.15) is 0 Å². The molecule has 7 nitrogen and oxygen atoms in total. The number of aryl methyl sites for hydroxylation is 1. The molecule has 2 unspecified atom stereocenters. The van der Waals surface area contributed by atoms with E-state index in [4.69, 9.17) is 0 Å². The van der Waals surface area contributed by atoms with Crippen molar-refractivity contribution in [3.05, 3.63) is 33.9 Å². The van der Waals surface area contributed by atoms with Gasteiger partial charge in [-0.2, -0.15) is 4.31 Å². The minimum absolute atomic E-state index is 0. The van der Waals surface area contributed by atoms with Crippen LogP contribution in [0.15, 0.2) is 23.1 Å². The first kappa shape index (κ1) is 18.8. The number of nitro groups is 1. The van der Waals surface area contributed by atoms with Crippen LogP contribution in [0.1, 0.15) is 19.4 Å². The van der Waals surface area contributed by atoms with Crippen molar-refractivity contribution in [1.29, 1.82) is 0 Å². The summed E-state index contributed by atoms with van der Waals surface area (Å²) in [6.45, 7) is 6.09. The number of hydrogen-bond donors (Lipinski definition) is 1. The molecule has 0 aromatic heterocycles. The highest BCUT2D eigenvalue weighted by molar-refractivity contribution is 7.89. The predicted octanol–water partition coefficient (Wildman–Crippen LogP) is 1.70. The fourth-order valence-corrected chi connectivity index (χ4v) is 4.64. The standard InChI is InChI=1S/C13H19N3O4S.ClH/c1-9-5-4-6-12(16(17)18)13(9)21(19,20)15-8-10(2)14-7-11(15)3;/h4-6,10-11,14H,7-8H2,1-3H3;1H. The lowest BCUT2D eigenvalue weighted by Gasteiger charge is -2.36. The van der Waals surface area contributed by atoms with E-state index in [1.807, 2.05) is 6.92 Å². The normalized spacial score (nSPS) is 22.9. The Kier molecular flexibility index (Phi) is 5.91. The lowest BCUT2D eigenvalue weighted by molar-refractivity contribution is -0.387. The predicted molar refractivity (Wildman–Crippen MR) is 85.9 cm³/mol. The van der Waals surface area contributed by atoms with E-state index in [-0.39, 0.29) is 35.1 Å². The average molecular weight is 350 g/mol. The molecule has 0 spiro atoms. The van der Waals surface area contributed by atoms with E-state index >= 15 is 0 Å². The molecule has 0 saturated carbocycles. The molecule has 1 saturated heterocycles. The molecule has 2 rings (SSSR count). The van der Waals surface area contributed by atoms with Gasteiger partial charge in [-0.05, 0) is 26.3 Å². The molecule has 1 aliphatic heterocycles. The molecule has 9 heteroatoms. The van der Waals surface area contributed by atoms with Crippen LogP contribution in [0, 0.1) is 17.0 Å². The Bertz CT molecular complexity index is 665. The van der Waals surface area contributed by atoms with Crippen molar-refractivity contribution in [2.24, 2.45) is 0 Å². The van der Waals surface area contributed by atoms with Gasteiger partial charge in [-0.3, -0.25) is 10.1 Å². The smallest absolute Gasteiger partial charge is 0.289 e. The summed E-state index contributed by atoms with van der Waals surface area (Å²) in [5, 5.41) is 14.4. The maximum absolute atomic E-state index is 12.9. The Morgan fingerprint density at radius 2 is 2.00 bits per heavy atom. The van der Waals surface area contributed by atoms with Gasteiger partial charge >= 0.3 is 0 Å². The second kappa shape index (κ2) is 6.91. The first-order valence-corrected chi connectivity index (χ1v) is 8.18. The minimum atomic E-state index is -3.90. The van der Waals surface area contributed by atoms with Crippen molar-refractivity contribution >= 4 is 28.1 Å². The Morgan fingerprint density at radius 1 is 1.36 bits per heavy atom. The van der Waals surface area contributed by atoms with E-state index in [1.54, 1.807) is 19.9 Å². The highest BCUT2D eigenvalue weighted by atomic mass is 35.5. The largest absolute Gasteiger partial charge is 0.311 e. The Hall–Kier alpha value is -1.22. The Morgan fingerprint density at radius 3 is 2.59 bits per heavy atom. The highest BCUT2D eigenvalue weighted by Crippen LogP contribution is 2.31. The molecule has 1 N–H and O–H groups in total. The monoisotopic (exact) mass is 349 g/mol. The number of nitro benzene ring substituents is 1. The quantitative estimate of drug-likeness (QED) is 0.662. The third kappa shape index (κ3) is 3.40. The third-order valence-corrected chi connectivity index (χ3v) is 5.84. The number of hydrogen-bond acceptors (Lipinski definition) is 5. The van der Waals surface area contributed by atoms with Crippen LogP contribution >= 0.6 is 12.4 Å². The van der Waals surface area contributed by atoms with Crippen LogP contribution in [-0.2, 0) is 10.0 Å². The van der Waals surface area contributed by atoms with E-state index in [0.717, 1.165) is 0 Å². The van der Waals surface area contributed by atoms with Gasteiger partial charge in [0.25, 0.3) is 15.7 Å². The summed E-state index contributed by atoms with van der Waals surface area (Å²) in [5.74, 6) is 0. The van der Waals surface area contributed by atoms with E-state index < -0.39 is 14.9 Å². The molecule has 22 heavy (non-hydrogen) atoms. The van der Waals surface area contributed by atoms with E-state index in [2.05, 4.69) is 5.32 Å². The maximum Gasteiger partial charge on any atom is 0.289 e. The van der Waals surface area contributed by atoms with Crippen molar-refractivity contribution < 1.29 is 13.3 Å². The number of benzene rings is 1. The molecule has 0 bridgehead atoms. The number of piperazine rings is 1. The molecule has 0 aliphatic carbocycles. The molecular formula is C13H20ClN3O4S. The van der Waals surface area contributed by atoms with Crippen molar-refractivity contribution in [2.75, 3.05) is 13.1 Å². The summed E-state index contributed by atoms with van der Waals surface area (Å²) in [4.78, 5) is 10.3. The van der Waals surface area contributed by atoms with E-state index in [9.17, 15) is 18.5 Å². The summed E-state index contributed by atoms with van der Waals surface area (Å²) in [7, 11) is -3.90. The topological polar surface area (TPSA) is 92.5 Å². The Labute approximate surface area is 136 Å². The molecule has 1 aromatic rings. The summed E-state index contributed by atoms with van der Waals surface area (Å²) in [6, 6.07) is 4.08. The van der Waals surface area contributed by atoms with Crippen molar-refractivity contribution in [2.45, 2.75) is 37.8 Å². The van der Waals surface area contributed by atoms with Gasteiger partial charge in [-0.25, -0.2) is 8.42 Å². The van der Waals surface area contributed by atoms with Gasteiger partial charge in [0.05, 0.1) is 4.92 Å². The first-order valence-electron chi connectivity index (χ1n) is 6.74. The lowest BCUT2D eigenvalue weighted by Crippen LogP contribution is -2.56. The molecule has 1 aromatic carbocycles. The Balaban J connectivity index is 0.00000242. The van der Waals surface area contributed by atoms with Crippen LogP contribution in [0.2, 0.25) is 0 Å². The van der Waals surface area contributed by atoms with Crippen molar-refractivity contribution in [3.8, 4) is 0 Å². The van der Waals surface area contributed by atoms with Gasteiger partial charge in [0.15, 0.2) is 4.90 Å². The van der Waals surface area contributed by atoms with Crippen LogP contribution in [0.5, 0.6) is 0 Å². The fourth-order valence-electron chi connectivity index (χ4n) is 2.56.